The molecular weight excluding hydrogens is 236 g/mol. The monoisotopic (exact) mass is 262 g/mol. The highest BCUT2D eigenvalue weighted by molar-refractivity contribution is 7.25. The van der Waals surface area contributed by atoms with Crippen molar-refractivity contribution in [3.8, 4) is 0 Å². The molecule has 0 bridgehead atoms. The van der Waals surface area contributed by atoms with Crippen molar-refractivity contribution in [3.05, 3.63) is 12.3 Å². The van der Waals surface area contributed by atoms with Gasteiger partial charge in [-0.25, -0.2) is 0 Å². The summed E-state index contributed by atoms with van der Waals surface area (Å²) in [5.74, 6) is 0. The Bertz CT molecular complexity index is 221. The lowest BCUT2D eigenvalue weighted by atomic mass is 9.93. The fourth-order valence-corrected chi connectivity index (χ4v) is 14.9. The van der Waals surface area contributed by atoms with Gasteiger partial charge in [0.05, 0.1) is 8.07 Å². The van der Waals surface area contributed by atoms with Gasteiger partial charge in [-0.2, -0.15) is 11.1 Å². The van der Waals surface area contributed by atoms with Crippen LogP contribution in [0.4, 0.5) is 0 Å². The van der Waals surface area contributed by atoms with Crippen LogP contribution in [0.5, 0.6) is 0 Å². The van der Waals surface area contributed by atoms with Gasteiger partial charge >= 0.3 is 0 Å². The molecule has 0 amide bonds. The lowest BCUT2D eigenvalue weighted by Crippen LogP contribution is -2.45. The van der Waals surface area contributed by atoms with Crippen molar-refractivity contribution >= 4 is 26.5 Å². The molecule has 0 saturated carbocycles. The lowest BCUT2D eigenvalue weighted by molar-refractivity contribution is 0.385. The highest BCUT2D eigenvalue weighted by Crippen LogP contribution is 2.43. The van der Waals surface area contributed by atoms with Crippen LogP contribution in [0.25, 0.3) is 0 Å². The smallest absolute Gasteiger partial charge is 0.151 e. The first kappa shape index (κ1) is 15.5. The molecule has 0 heterocycles. The fraction of sp³-hybridized carbons (Fsp3) is 0.833. The molecule has 0 aliphatic rings. The van der Waals surface area contributed by atoms with Crippen molar-refractivity contribution in [2.24, 2.45) is 5.41 Å². The minimum Gasteiger partial charge on any atom is -0.168 e. The van der Waals surface area contributed by atoms with Crippen molar-refractivity contribution in [1.29, 1.82) is 0 Å². The zero-order valence-electron chi connectivity index (χ0n) is 11.4. The van der Waals surface area contributed by atoms with Crippen LogP contribution >= 0.6 is 11.1 Å². The zero-order valence-corrected chi connectivity index (χ0v) is 14.2. The summed E-state index contributed by atoms with van der Waals surface area (Å²) < 4.78 is 0. The van der Waals surface area contributed by atoms with Gasteiger partial charge in [0.15, 0.2) is 7.38 Å². The molecule has 90 valence electrons. The second-order valence-electron chi connectivity index (χ2n) is 6.91. The van der Waals surface area contributed by atoms with Crippen LogP contribution in [-0.2, 0) is 0 Å². The number of halogens is 1. The summed E-state index contributed by atoms with van der Waals surface area (Å²) in [4.78, 5) is 0. The molecule has 0 rings (SSSR count). The van der Waals surface area contributed by atoms with Crippen molar-refractivity contribution in [3.63, 3.8) is 0 Å². The quantitative estimate of drug-likeness (QED) is 0.482. The molecule has 0 aromatic heterocycles. The molecule has 0 nitrogen and oxygen atoms in total. The second-order valence-corrected chi connectivity index (χ2v) is 19.0. The van der Waals surface area contributed by atoms with Crippen molar-refractivity contribution < 1.29 is 0 Å². The third kappa shape index (κ3) is 5.37. The standard InChI is InChI=1S/C12H27ClSi2/c1-9-14(5,6)11(15(7,8)13)10-12(2,3)4/h9,11H,1,10H2,2-8H3. The van der Waals surface area contributed by atoms with Crippen LogP contribution < -0.4 is 0 Å². The molecule has 0 radical (unpaired) electrons. The van der Waals surface area contributed by atoms with Crippen molar-refractivity contribution in [2.75, 3.05) is 0 Å². The Morgan fingerprint density at radius 3 is 1.80 bits per heavy atom. The van der Waals surface area contributed by atoms with Gasteiger partial charge < -0.3 is 0 Å². The maximum absolute atomic E-state index is 6.69. The SMILES string of the molecule is C=C[Si](C)(C)C(CC(C)(C)C)[Si](C)(C)Cl. The maximum Gasteiger partial charge on any atom is 0.151 e. The molecule has 0 aliphatic heterocycles. The van der Waals surface area contributed by atoms with E-state index < -0.39 is 15.5 Å². The Hall–Kier alpha value is 0.464. The summed E-state index contributed by atoms with van der Waals surface area (Å²) in [5.41, 5.74) is 2.58. The third-order valence-corrected chi connectivity index (χ3v) is 13.7. The van der Waals surface area contributed by atoms with Crippen molar-refractivity contribution in [1.82, 2.24) is 0 Å². The van der Waals surface area contributed by atoms with E-state index in [0.29, 0.717) is 10.6 Å². The molecular formula is C12H27ClSi2. The van der Waals surface area contributed by atoms with Crippen LogP contribution in [-0.4, -0.2) is 15.5 Å². The third-order valence-electron chi connectivity index (χ3n) is 3.07. The van der Waals surface area contributed by atoms with E-state index in [4.69, 9.17) is 11.1 Å². The van der Waals surface area contributed by atoms with Gasteiger partial charge in [-0.15, -0.1) is 12.3 Å². The Labute approximate surface area is 103 Å². The summed E-state index contributed by atoms with van der Waals surface area (Å²) in [6.45, 7) is 20.3. The summed E-state index contributed by atoms with van der Waals surface area (Å²) in [6.07, 6.45) is 1.24. The first-order valence-electron chi connectivity index (χ1n) is 5.73. The fourth-order valence-electron chi connectivity index (χ4n) is 2.15. The average Bonchev–Trinajstić information content (AvgIpc) is 1.96. The van der Waals surface area contributed by atoms with Crippen LogP contribution in [0.15, 0.2) is 12.3 Å². The molecule has 0 aromatic carbocycles. The summed E-state index contributed by atoms with van der Waals surface area (Å²) in [6, 6.07) is 0. The molecule has 0 fully saturated rings. The molecule has 0 aliphatic carbocycles. The Balaban J connectivity index is 5.01. The predicted octanol–water partition coefficient (Wildman–Crippen LogP) is 5.21. The molecule has 1 unspecified atom stereocenters. The van der Waals surface area contributed by atoms with E-state index in [-0.39, 0.29) is 0 Å². The zero-order chi connectivity index (χ0) is 12.5. The highest BCUT2D eigenvalue weighted by Gasteiger charge is 2.42. The van der Waals surface area contributed by atoms with Gasteiger partial charge in [0, 0.05) is 0 Å². The van der Waals surface area contributed by atoms with E-state index in [0.717, 1.165) is 0 Å². The lowest BCUT2D eigenvalue weighted by Gasteiger charge is -2.40. The molecule has 0 saturated heterocycles. The molecule has 3 heteroatoms. The highest BCUT2D eigenvalue weighted by atomic mass is 35.6. The summed E-state index contributed by atoms with van der Waals surface area (Å²) in [5, 5.41) is 0.712. The first-order valence-corrected chi connectivity index (χ1v) is 13.0. The normalized spacial score (nSPS) is 16.3. The molecule has 1 atom stereocenters. The van der Waals surface area contributed by atoms with Crippen LogP contribution in [0, 0.1) is 5.41 Å². The van der Waals surface area contributed by atoms with E-state index in [2.05, 4.69) is 59.2 Å². The Morgan fingerprint density at radius 1 is 1.20 bits per heavy atom. The average molecular weight is 263 g/mol. The minimum absolute atomic E-state index is 0.372. The van der Waals surface area contributed by atoms with E-state index in [1.54, 1.807) is 0 Å². The Morgan fingerprint density at radius 2 is 1.60 bits per heavy atom. The number of hydrogen-bond acceptors (Lipinski definition) is 0. The molecule has 15 heavy (non-hydrogen) atoms. The Kier molecular flexibility index (Phi) is 4.91. The van der Waals surface area contributed by atoms with Crippen molar-refractivity contribution in [2.45, 2.75) is 58.5 Å². The second kappa shape index (κ2) is 4.76. The van der Waals surface area contributed by atoms with Gasteiger partial charge in [0.2, 0.25) is 0 Å². The van der Waals surface area contributed by atoms with E-state index in [1.165, 1.54) is 6.42 Å². The van der Waals surface area contributed by atoms with Crippen LogP contribution in [0.3, 0.4) is 0 Å². The number of rotatable bonds is 4. The molecule has 0 aromatic rings. The summed E-state index contributed by atoms with van der Waals surface area (Å²) in [7, 11) is -2.95. The molecule has 0 spiro atoms. The van der Waals surface area contributed by atoms with E-state index in [1.807, 2.05) is 0 Å². The van der Waals surface area contributed by atoms with Crippen LogP contribution in [0.2, 0.25) is 31.4 Å². The summed E-state index contributed by atoms with van der Waals surface area (Å²) >= 11 is 6.69. The van der Waals surface area contributed by atoms with E-state index >= 15 is 0 Å². The maximum atomic E-state index is 6.69. The number of hydrogen-bond donors (Lipinski definition) is 0. The van der Waals surface area contributed by atoms with Gasteiger partial charge in [-0.3, -0.25) is 0 Å². The largest absolute Gasteiger partial charge is 0.168 e. The van der Waals surface area contributed by atoms with E-state index in [9.17, 15) is 0 Å². The minimum atomic E-state index is -1.59. The predicted molar refractivity (Wildman–Crippen MR) is 78.8 cm³/mol. The van der Waals surface area contributed by atoms with Gasteiger partial charge in [0.1, 0.15) is 0 Å². The van der Waals surface area contributed by atoms with Gasteiger partial charge in [-0.1, -0.05) is 47.0 Å². The van der Waals surface area contributed by atoms with Gasteiger partial charge in [0.25, 0.3) is 0 Å². The topological polar surface area (TPSA) is 0 Å². The van der Waals surface area contributed by atoms with Crippen LogP contribution in [0.1, 0.15) is 27.2 Å². The first-order chi connectivity index (χ1) is 6.40. The van der Waals surface area contributed by atoms with Gasteiger partial charge in [-0.05, 0) is 17.0 Å². The molecule has 0 N–H and O–H groups in total.